The van der Waals surface area contributed by atoms with E-state index in [4.69, 9.17) is 9.47 Å². The molecule has 8 heteroatoms. The van der Waals surface area contributed by atoms with Crippen molar-refractivity contribution in [3.8, 4) is 5.75 Å². The van der Waals surface area contributed by atoms with E-state index >= 15 is 0 Å². The summed E-state index contributed by atoms with van der Waals surface area (Å²) in [6.45, 7) is -0.317. The highest BCUT2D eigenvalue weighted by Gasteiger charge is 2.40. The number of rotatable bonds is 5. The molecule has 1 aromatic heterocycles. The first kappa shape index (κ1) is 16.0. The molecule has 0 amide bonds. The third-order valence-corrected chi connectivity index (χ3v) is 4.00. The normalized spacial score (nSPS) is 12.6. The van der Waals surface area contributed by atoms with Crippen LogP contribution in [0, 0.1) is 0 Å². The Bertz CT molecular complexity index is 997. The Labute approximate surface area is 147 Å². The quantitative estimate of drug-likeness (QED) is 0.251. The highest BCUT2D eigenvalue weighted by Crippen LogP contribution is 2.25. The first-order valence-corrected chi connectivity index (χ1v) is 7.83. The van der Waals surface area contributed by atoms with E-state index in [1.165, 1.54) is 0 Å². The van der Waals surface area contributed by atoms with Crippen LogP contribution in [0.1, 0.15) is 32.1 Å². The van der Waals surface area contributed by atoms with E-state index in [1.807, 2.05) is 18.2 Å². The van der Waals surface area contributed by atoms with E-state index in [0.29, 0.717) is 10.7 Å². The Kier molecular flexibility index (Phi) is 3.94. The second-order valence-electron chi connectivity index (χ2n) is 5.58. The average Bonchev–Trinajstić information content (AvgIpc) is 3.01. The van der Waals surface area contributed by atoms with Gasteiger partial charge in [0.15, 0.2) is 19.2 Å². The van der Waals surface area contributed by atoms with Gasteiger partial charge < -0.3 is 9.47 Å². The molecule has 26 heavy (non-hydrogen) atoms. The number of ether oxygens (including phenoxy) is 2. The van der Waals surface area contributed by atoms with Gasteiger partial charge in [0.1, 0.15) is 5.75 Å². The number of para-hydroxylation sites is 1. The summed E-state index contributed by atoms with van der Waals surface area (Å²) in [5.74, 6) is -0.197. The molecule has 1 aliphatic rings. The van der Waals surface area contributed by atoms with Crippen molar-refractivity contribution in [1.29, 1.82) is 0 Å². The molecule has 0 fully saturated rings. The molecule has 0 saturated heterocycles. The van der Waals surface area contributed by atoms with Crippen LogP contribution in [0.25, 0.3) is 0 Å². The minimum absolute atomic E-state index is 0.0177. The zero-order valence-corrected chi connectivity index (χ0v) is 13.5. The SMILES string of the molecule is O=C1c2ccccc2C(=O)c2c1n[n+](O)n2COCOc1ccccc1. The molecule has 0 saturated carbocycles. The minimum Gasteiger partial charge on any atom is -0.467 e. The molecular formula is C18H14N3O5+. The van der Waals surface area contributed by atoms with Crippen LogP contribution in [0.2, 0.25) is 0 Å². The van der Waals surface area contributed by atoms with Crippen LogP contribution in [0.15, 0.2) is 54.6 Å². The fourth-order valence-corrected chi connectivity index (χ4v) is 2.78. The number of ketones is 2. The van der Waals surface area contributed by atoms with Crippen LogP contribution in [-0.2, 0) is 11.5 Å². The monoisotopic (exact) mass is 352 g/mol. The number of benzene rings is 2. The molecule has 0 aliphatic heterocycles. The molecule has 1 heterocycles. The molecule has 2 aromatic carbocycles. The molecule has 4 rings (SSSR count). The van der Waals surface area contributed by atoms with Gasteiger partial charge in [-0.2, -0.15) is 0 Å². The Hall–Kier alpha value is -3.52. The van der Waals surface area contributed by atoms with Gasteiger partial charge in [0.05, 0.1) is 5.10 Å². The van der Waals surface area contributed by atoms with E-state index in [2.05, 4.69) is 5.10 Å². The van der Waals surface area contributed by atoms with Crippen molar-refractivity contribution >= 4 is 11.6 Å². The molecular weight excluding hydrogens is 338 g/mol. The van der Waals surface area contributed by atoms with Crippen LogP contribution in [0.3, 0.4) is 0 Å². The lowest BCUT2D eigenvalue weighted by Gasteiger charge is -2.11. The molecule has 8 nitrogen and oxygen atoms in total. The Morgan fingerprint density at radius 2 is 1.62 bits per heavy atom. The lowest BCUT2D eigenvalue weighted by atomic mass is 9.90. The third kappa shape index (κ3) is 2.62. The van der Waals surface area contributed by atoms with Crippen molar-refractivity contribution in [2.24, 2.45) is 0 Å². The van der Waals surface area contributed by atoms with E-state index in [9.17, 15) is 14.8 Å². The number of carbonyl (C=O) groups excluding carboxylic acids is 2. The summed E-state index contributed by atoms with van der Waals surface area (Å²) < 4.78 is 11.8. The standard InChI is InChI=1S/C18H14N3O5/c22-17-13-8-4-5-9-14(13)18(23)16-15(17)19-21(24)20(16)10-25-11-26-12-6-2-1-3-7-12/h1-9H,10-11H2,(H,19,24)/q+1. The number of nitrogens with zero attached hydrogens (tertiary/aromatic N) is 3. The highest BCUT2D eigenvalue weighted by molar-refractivity contribution is 6.26. The topological polar surface area (TPSA) is 94.5 Å². The zero-order chi connectivity index (χ0) is 18.1. The maximum atomic E-state index is 12.7. The molecule has 0 spiro atoms. The Balaban J connectivity index is 1.55. The molecule has 0 atom stereocenters. The second-order valence-corrected chi connectivity index (χ2v) is 5.58. The van der Waals surface area contributed by atoms with Gasteiger partial charge in [0.25, 0.3) is 0 Å². The molecule has 0 bridgehead atoms. The zero-order valence-electron chi connectivity index (χ0n) is 13.5. The molecule has 1 aliphatic carbocycles. The van der Waals surface area contributed by atoms with Gasteiger partial charge in [-0.3, -0.25) is 9.59 Å². The van der Waals surface area contributed by atoms with Crippen LogP contribution in [0.5, 0.6) is 5.75 Å². The van der Waals surface area contributed by atoms with E-state index in [0.717, 1.165) is 4.68 Å². The summed E-state index contributed by atoms with van der Waals surface area (Å²) >= 11 is 0. The smallest absolute Gasteiger partial charge is 0.233 e. The average molecular weight is 352 g/mol. The van der Waals surface area contributed by atoms with Crippen LogP contribution >= 0.6 is 0 Å². The van der Waals surface area contributed by atoms with Crippen molar-refractivity contribution in [3.05, 3.63) is 77.1 Å². The Morgan fingerprint density at radius 1 is 0.962 bits per heavy atom. The van der Waals surface area contributed by atoms with Crippen molar-refractivity contribution in [3.63, 3.8) is 0 Å². The number of hydrogen-bond donors (Lipinski definition) is 1. The molecule has 3 aromatic rings. The highest BCUT2D eigenvalue weighted by atomic mass is 16.7. The van der Waals surface area contributed by atoms with Crippen molar-refractivity contribution in [2.45, 2.75) is 6.73 Å². The lowest BCUT2D eigenvalue weighted by Crippen LogP contribution is -2.44. The summed E-state index contributed by atoms with van der Waals surface area (Å²) in [6, 6.07) is 15.5. The number of carbonyl (C=O) groups is 2. The van der Waals surface area contributed by atoms with Crippen LogP contribution in [0.4, 0.5) is 0 Å². The summed E-state index contributed by atoms with van der Waals surface area (Å²) in [7, 11) is 0. The van der Waals surface area contributed by atoms with Gasteiger partial charge in [-0.05, 0) is 16.8 Å². The maximum absolute atomic E-state index is 12.7. The van der Waals surface area contributed by atoms with E-state index < -0.39 is 11.6 Å². The molecule has 1 N–H and O–H groups in total. The summed E-state index contributed by atoms with van der Waals surface area (Å²) in [5.41, 5.74) is 0.413. The van der Waals surface area contributed by atoms with Crippen molar-refractivity contribution in [1.82, 2.24) is 9.78 Å². The Morgan fingerprint density at radius 3 is 2.35 bits per heavy atom. The van der Waals surface area contributed by atoms with E-state index in [-0.39, 0.29) is 36.0 Å². The number of hydrogen-bond acceptors (Lipinski definition) is 6. The minimum atomic E-state index is -0.419. The lowest BCUT2D eigenvalue weighted by molar-refractivity contribution is -1.01. The van der Waals surface area contributed by atoms with Crippen molar-refractivity contribution in [2.75, 3.05) is 6.79 Å². The van der Waals surface area contributed by atoms with E-state index in [1.54, 1.807) is 36.4 Å². The van der Waals surface area contributed by atoms with Gasteiger partial charge in [-0.1, -0.05) is 42.5 Å². The van der Waals surface area contributed by atoms with Crippen LogP contribution in [-0.4, -0.2) is 33.3 Å². The van der Waals surface area contributed by atoms with Gasteiger partial charge >= 0.3 is 0 Å². The predicted molar refractivity (Wildman–Crippen MR) is 85.9 cm³/mol. The fraction of sp³-hybridized carbons (Fsp3) is 0.111. The van der Waals surface area contributed by atoms with Gasteiger partial charge in [0, 0.05) is 11.1 Å². The summed E-state index contributed by atoms with van der Waals surface area (Å²) in [4.78, 5) is 25.7. The fourth-order valence-electron chi connectivity index (χ4n) is 2.78. The molecule has 0 unspecified atom stereocenters. The van der Waals surface area contributed by atoms with Crippen LogP contribution < -0.4 is 9.70 Å². The van der Waals surface area contributed by atoms with Gasteiger partial charge in [-0.25, -0.2) is 5.21 Å². The molecule has 0 radical (unpaired) electrons. The number of fused-ring (bicyclic) bond motifs is 2. The number of aromatic nitrogens is 3. The van der Waals surface area contributed by atoms with Crippen molar-refractivity contribution < 1.29 is 29.2 Å². The van der Waals surface area contributed by atoms with Gasteiger partial charge in [-0.15, -0.1) is 0 Å². The van der Waals surface area contributed by atoms with Gasteiger partial charge in [0.2, 0.25) is 22.2 Å². The third-order valence-electron chi connectivity index (χ3n) is 4.00. The maximum Gasteiger partial charge on any atom is 0.233 e. The second kappa shape index (κ2) is 6.41. The predicted octanol–water partition coefficient (Wildman–Crippen LogP) is 1.19. The largest absolute Gasteiger partial charge is 0.467 e. The molecule has 130 valence electrons. The first-order chi connectivity index (χ1) is 12.7. The summed E-state index contributed by atoms with van der Waals surface area (Å²) in [6.07, 6.45) is 0. The summed E-state index contributed by atoms with van der Waals surface area (Å²) in [5, 5.41) is 13.7. The first-order valence-electron chi connectivity index (χ1n) is 7.83.